The minimum atomic E-state index is -4.68. The fourth-order valence-corrected chi connectivity index (χ4v) is 3.03. The Morgan fingerprint density at radius 1 is 1.31 bits per heavy atom. The number of nitrogens with one attached hydrogen (secondary N) is 3. The molecule has 0 bridgehead atoms. The van der Waals surface area contributed by atoms with E-state index in [9.17, 15) is 18.0 Å². The number of benzene rings is 1. The molecule has 0 saturated carbocycles. The van der Waals surface area contributed by atoms with E-state index < -0.39 is 29.8 Å². The van der Waals surface area contributed by atoms with Crippen LogP contribution in [0.25, 0.3) is 10.9 Å². The molecule has 2 atom stereocenters. The first-order valence-corrected chi connectivity index (χ1v) is 8.30. The van der Waals surface area contributed by atoms with Crippen LogP contribution in [0.5, 0.6) is 0 Å². The molecule has 0 spiro atoms. The molecule has 0 saturated heterocycles. The maximum atomic E-state index is 13.0. The summed E-state index contributed by atoms with van der Waals surface area (Å²) in [5.41, 5.74) is 1.70. The van der Waals surface area contributed by atoms with E-state index in [2.05, 4.69) is 43.6 Å². The molecule has 2 aromatic heterocycles. The third kappa shape index (κ3) is 3.82. The van der Waals surface area contributed by atoms with E-state index in [4.69, 9.17) is 0 Å². The predicted octanol–water partition coefficient (Wildman–Crippen LogP) is 2.19. The lowest BCUT2D eigenvalue weighted by atomic mass is 10.0. The molecule has 11 heteroatoms. The van der Waals surface area contributed by atoms with E-state index in [-0.39, 0.29) is 12.2 Å². The summed E-state index contributed by atoms with van der Waals surface area (Å²) in [7, 11) is 0. The van der Waals surface area contributed by atoms with Crippen LogP contribution < -0.4 is 5.32 Å². The van der Waals surface area contributed by atoms with Crippen molar-refractivity contribution in [3.63, 3.8) is 0 Å². The Hall–Kier alpha value is -2.56. The number of hydrogen-bond donors (Lipinski definition) is 4. The summed E-state index contributed by atoms with van der Waals surface area (Å²) in [5.74, 6) is -3.87. The maximum Gasteiger partial charge on any atom is 0.401 e. The quantitative estimate of drug-likeness (QED) is 0.490. The number of amides is 1. The first-order valence-electron chi connectivity index (χ1n) is 7.66. The van der Waals surface area contributed by atoms with Gasteiger partial charge in [-0.3, -0.25) is 4.79 Å². The van der Waals surface area contributed by atoms with Crippen molar-refractivity contribution in [3.8, 4) is 0 Å². The molecule has 0 aliphatic carbocycles. The topological polar surface area (TPSA) is 99.3 Å². The lowest BCUT2D eigenvalue weighted by Crippen LogP contribution is -2.42. The number of halogens is 3. The van der Waals surface area contributed by atoms with E-state index in [1.807, 2.05) is 24.3 Å². The molecule has 0 aliphatic heterocycles. The Kier molecular flexibility index (Phi) is 5.16. The Labute approximate surface area is 151 Å². The van der Waals surface area contributed by atoms with Gasteiger partial charge in [-0.25, -0.2) is 5.10 Å². The number of aromatic nitrogens is 5. The zero-order valence-corrected chi connectivity index (χ0v) is 14.2. The number of carbonyl (C=O) groups excluding carboxylic acids is 1. The van der Waals surface area contributed by atoms with Gasteiger partial charge in [0.2, 0.25) is 5.91 Å². The second-order valence-corrected chi connectivity index (χ2v) is 6.05. The number of fused-ring (bicyclic) bond motifs is 1. The summed E-state index contributed by atoms with van der Waals surface area (Å²) in [6.07, 6.45) is -2.73. The smallest absolute Gasteiger partial charge is 0.361 e. The number of thiol groups is 1. The summed E-state index contributed by atoms with van der Waals surface area (Å²) in [6, 6.07) is 6.63. The SMILES string of the molecule is O=C(N[C@@H](Cc1c[nH]c2ccccc12)c1nnn[nH]1)[C@H](CS)C(F)(F)F. The van der Waals surface area contributed by atoms with Crippen molar-refractivity contribution in [1.82, 2.24) is 30.9 Å². The lowest BCUT2D eigenvalue weighted by Gasteiger charge is -2.21. The third-order valence-corrected chi connectivity index (χ3v) is 4.37. The maximum absolute atomic E-state index is 13.0. The number of rotatable bonds is 6. The van der Waals surface area contributed by atoms with Gasteiger partial charge in [0, 0.05) is 29.3 Å². The number of tetrazole rings is 1. The standard InChI is InChI=1S/C15H15F3N6OS/c16-15(17,18)10(7-26)14(25)20-12(13-21-23-24-22-13)5-8-6-19-11-4-2-1-3-9(8)11/h1-4,6,10,12,19,26H,5,7H2,(H,20,25)(H,21,22,23,24)/t10-,12-/m0/s1. The Morgan fingerprint density at radius 2 is 2.08 bits per heavy atom. The average molecular weight is 384 g/mol. The number of alkyl halides is 3. The molecule has 7 nitrogen and oxygen atoms in total. The number of aromatic amines is 2. The molecule has 0 aliphatic rings. The van der Waals surface area contributed by atoms with Crippen molar-refractivity contribution < 1.29 is 18.0 Å². The van der Waals surface area contributed by atoms with E-state index in [0.29, 0.717) is 0 Å². The third-order valence-electron chi connectivity index (χ3n) is 4.00. The van der Waals surface area contributed by atoms with E-state index in [1.165, 1.54) is 0 Å². The number of nitrogens with zero attached hydrogens (tertiary/aromatic N) is 3. The van der Waals surface area contributed by atoms with Crippen LogP contribution in [0.4, 0.5) is 13.2 Å². The van der Waals surface area contributed by atoms with Crippen molar-refractivity contribution in [3.05, 3.63) is 41.9 Å². The van der Waals surface area contributed by atoms with Crippen molar-refractivity contribution in [1.29, 1.82) is 0 Å². The zero-order valence-electron chi connectivity index (χ0n) is 13.3. The second-order valence-electron chi connectivity index (χ2n) is 5.69. The highest BCUT2D eigenvalue weighted by molar-refractivity contribution is 7.80. The van der Waals surface area contributed by atoms with Crippen LogP contribution in [-0.4, -0.2) is 43.4 Å². The number of carbonyl (C=O) groups is 1. The first-order chi connectivity index (χ1) is 12.4. The van der Waals surface area contributed by atoms with Crippen LogP contribution in [-0.2, 0) is 11.2 Å². The summed E-state index contributed by atoms with van der Waals surface area (Å²) in [5, 5.41) is 16.4. The summed E-state index contributed by atoms with van der Waals surface area (Å²) in [6.45, 7) is 0. The van der Waals surface area contributed by atoms with Crippen molar-refractivity contribution >= 4 is 29.4 Å². The van der Waals surface area contributed by atoms with Crippen LogP contribution >= 0.6 is 12.6 Å². The summed E-state index contributed by atoms with van der Waals surface area (Å²) in [4.78, 5) is 15.2. The van der Waals surface area contributed by atoms with Gasteiger partial charge in [0.15, 0.2) is 5.82 Å². The Morgan fingerprint density at radius 3 is 2.73 bits per heavy atom. The highest BCUT2D eigenvalue weighted by atomic mass is 32.1. The predicted molar refractivity (Wildman–Crippen MR) is 90.5 cm³/mol. The Bertz CT molecular complexity index is 879. The van der Waals surface area contributed by atoms with Crippen LogP contribution in [0.15, 0.2) is 30.5 Å². The normalized spacial score (nSPS) is 14.3. The van der Waals surface area contributed by atoms with Gasteiger partial charge in [-0.1, -0.05) is 18.2 Å². The molecule has 1 amide bonds. The molecular formula is C15H15F3N6OS. The van der Waals surface area contributed by atoms with Crippen LogP contribution in [0.2, 0.25) is 0 Å². The van der Waals surface area contributed by atoms with E-state index >= 15 is 0 Å². The largest absolute Gasteiger partial charge is 0.401 e. The highest BCUT2D eigenvalue weighted by Crippen LogP contribution is 2.29. The summed E-state index contributed by atoms with van der Waals surface area (Å²) < 4.78 is 39.0. The fraction of sp³-hybridized carbons (Fsp3) is 0.333. The minimum absolute atomic E-state index is 0.170. The highest BCUT2D eigenvalue weighted by Gasteiger charge is 2.44. The van der Waals surface area contributed by atoms with E-state index in [1.54, 1.807) is 6.20 Å². The van der Waals surface area contributed by atoms with Crippen LogP contribution in [0, 0.1) is 5.92 Å². The number of para-hydroxylation sites is 1. The monoisotopic (exact) mass is 384 g/mol. The molecule has 26 heavy (non-hydrogen) atoms. The van der Waals surface area contributed by atoms with Crippen molar-refractivity contribution in [2.45, 2.75) is 18.6 Å². The number of hydrogen-bond acceptors (Lipinski definition) is 5. The van der Waals surface area contributed by atoms with E-state index in [0.717, 1.165) is 16.5 Å². The average Bonchev–Trinajstić information content (AvgIpc) is 3.23. The minimum Gasteiger partial charge on any atom is -0.361 e. The number of H-pyrrole nitrogens is 2. The Balaban J connectivity index is 1.86. The molecule has 3 N–H and O–H groups in total. The molecule has 3 aromatic rings. The van der Waals surface area contributed by atoms with Gasteiger partial charge < -0.3 is 10.3 Å². The molecule has 2 heterocycles. The van der Waals surface area contributed by atoms with Crippen LogP contribution in [0.1, 0.15) is 17.4 Å². The fourth-order valence-electron chi connectivity index (χ4n) is 2.66. The molecule has 138 valence electrons. The van der Waals surface area contributed by atoms with Gasteiger partial charge in [-0.05, 0) is 22.1 Å². The van der Waals surface area contributed by atoms with Gasteiger partial charge in [0.05, 0.1) is 6.04 Å². The van der Waals surface area contributed by atoms with Gasteiger partial charge >= 0.3 is 6.18 Å². The molecular weight excluding hydrogens is 369 g/mol. The van der Waals surface area contributed by atoms with Crippen molar-refractivity contribution in [2.75, 3.05) is 5.75 Å². The summed E-state index contributed by atoms with van der Waals surface area (Å²) >= 11 is 3.65. The van der Waals surface area contributed by atoms with Gasteiger partial charge in [0.25, 0.3) is 0 Å². The first kappa shape index (κ1) is 18.2. The molecule has 3 rings (SSSR count). The van der Waals surface area contributed by atoms with Crippen molar-refractivity contribution in [2.24, 2.45) is 5.92 Å². The molecule has 1 aromatic carbocycles. The second kappa shape index (κ2) is 7.36. The zero-order chi connectivity index (χ0) is 18.7. The van der Waals surface area contributed by atoms with Gasteiger partial charge in [0.1, 0.15) is 5.92 Å². The van der Waals surface area contributed by atoms with Crippen LogP contribution in [0.3, 0.4) is 0 Å². The van der Waals surface area contributed by atoms with Gasteiger partial charge in [-0.15, -0.1) is 5.10 Å². The molecule has 0 radical (unpaired) electrons. The lowest BCUT2D eigenvalue weighted by molar-refractivity contribution is -0.178. The molecule has 0 fully saturated rings. The molecule has 0 unspecified atom stereocenters. The van der Waals surface area contributed by atoms with Gasteiger partial charge in [-0.2, -0.15) is 25.8 Å².